The highest BCUT2D eigenvalue weighted by atomic mass is 32.2. The van der Waals surface area contributed by atoms with Crippen LogP contribution in [0, 0.1) is 6.92 Å². The second-order valence-corrected chi connectivity index (χ2v) is 9.18. The Balaban J connectivity index is 1.41. The summed E-state index contributed by atoms with van der Waals surface area (Å²) in [6, 6.07) is 21.4. The number of fused-ring (bicyclic) bond motifs is 1. The highest BCUT2D eigenvalue weighted by molar-refractivity contribution is 7.99. The molecule has 8 heteroatoms. The maximum atomic E-state index is 11.9. The molecule has 0 aliphatic heterocycles. The van der Waals surface area contributed by atoms with Crippen LogP contribution in [0.4, 0.5) is 0 Å². The fraction of sp³-hybridized carbons (Fsp3) is 0.222. The summed E-state index contributed by atoms with van der Waals surface area (Å²) in [5, 5.41) is 1.89. The van der Waals surface area contributed by atoms with E-state index in [0.29, 0.717) is 25.2 Å². The van der Waals surface area contributed by atoms with Crippen LogP contribution in [0.25, 0.3) is 11.0 Å². The summed E-state index contributed by atoms with van der Waals surface area (Å²) in [6.45, 7) is 2.35. The van der Waals surface area contributed by atoms with Crippen LogP contribution in [0.2, 0.25) is 0 Å². The van der Waals surface area contributed by atoms with Crippen molar-refractivity contribution < 1.29 is 19.1 Å². The highest BCUT2D eigenvalue weighted by Crippen LogP contribution is 2.27. The zero-order valence-corrected chi connectivity index (χ0v) is 20.7. The second-order valence-electron chi connectivity index (χ2n) is 8.14. The number of carbonyl (C=O) groups is 2. The maximum absolute atomic E-state index is 11.9. The maximum Gasteiger partial charge on any atom is 0.239 e. The van der Waals surface area contributed by atoms with E-state index >= 15 is 0 Å². The van der Waals surface area contributed by atoms with Gasteiger partial charge in [-0.1, -0.05) is 24.3 Å². The SMILES string of the molecule is CSC(Cc1ccc(OCc2nc3ccc(Oc4cccc(C)c4)cc3n2C)cc1)C(=O)NC=O. The lowest BCUT2D eigenvalue weighted by molar-refractivity contribution is -0.124. The molecule has 1 atom stereocenters. The minimum absolute atomic E-state index is 0.290. The highest BCUT2D eigenvalue weighted by Gasteiger charge is 2.17. The van der Waals surface area contributed by atoms with Gasteiger partial charge in [-0.2, -0.15) is 11.8 Å². The summed E-state index contributed by atoms with van der Waals surface area (Å²) in [7, 11) is 1.96. The smallest absolute Gasteiger partial charge is 0.239 e. The van der Waals surface area contributed by atoms with Crippen molar-refractivity contribution in [3.8, 4) is 17.2 Å². The van der Waals surface area contributed by atoms with Gasteiger partial charge >= 0.3 is 0 Å². The number of ether oxygens (including phenoxy) is 2. The Labute approximate surface area is 208 Å². The van der Waals surface area contributed by atoms with Crippen LogP contribution >= 0.6 is 11.8 Å². The van der Waals surface area contributed by atoms with Crippen LogP contribution in [0.1, 0.15) is 17.0 Å². The first-order valence-electron chi connectivity index (χ1n) is 11.1. The Morgan fingerprint density at radius 3 is 2.54 bits per heavy atom. The molecule has 0 radical (unpaired) electrons. The van der Waals surface area contributed by atoms with Gasteiger partial charge in [0.1, 0.15) is 29.7 Å². The molecule has 4 rings (SSSR count). The molecule has 1 heterocycles. The van der Waals surface area contributed by atoms with Crippen LogP contribution < -0.4 is 14.8 Å². The van der Waals surface area contributed by atoms with Crippen LogP contribution in [-0.2, 0) is 29.7 Å². The van der Waals surface area contributed by atoms with Gasteiger partial charge in [0.2, 0.25) is 12.3 Å². The molecule has 3 aromatic carbocycles. The zero-order valence-electron chi connectivity index (χ0n) is 19.9. The van der Waals surface area contributed by atoms with Crippen LogP contribution in [0.5, 0.6) is 17.2 Å². The lowest BCUT2D eigenvalue weighted by atomic mass is 10.1. The molecule has 7 nitrogen and oxygen atoms in total. The predicted octanol–water partition coefficient (Wildman–Crippen LogP) is 4.80. The number of thioether (sulfide) groups is 1. The summed E-state index contributed by atoms with van der Waals surface area (Å²) in [5.41, 5.74) is 3.96. The Morgan fingerprint density at radius 1 is 1.09 bits per heavy atom. The first kappa shape index (κ1) is 24.3. The standard InChI is InChI=1S/C27H27N3O4S/c1-18-5-4-6-21(13-18)34-22-11-12-23-24(15-22)30(2)26(29-23)16-33-20-9-7-19(8-10-20)14-25(35-3)27(32)28-17-31/h4-13,15,17,25H,14,16H2,1-3H3,(H,28,31,32). The second kappa shape index (κ2) is 11.1. The minimum atomic E-state index is -0.327. The fourth-order valence-electron chi connectivity index (χ4n) is 3.74. The van der Waals surface area contributed by atoms with Crippen molar-refractivity contribution in [1.29, 1.82) is 0 Å². The molecule has 0 saturated carbocycles. The van der Waals surface area contributed by atoms with Gasteiger partial charge in [-0.05, 0) is 67.1 Å². The quantitative estimate of drug-likeness (QED) is 0.322. The Bertz CT molecular complexity index is 1330. The number of carbonyl (C=O) groups excluding carboxylic acids is 2. The molecule has 4 aromatic rings. The number of aryl methyl sites for hydroxylation is 2. The lowest BCUT2D eigenvalue weighted by Gasteiger charge is -2.13. The van der Waals surface area contributed by atoms with Gasteiger partial charge in [-0.25, -0.2) is 4.98 Å². The summed E-state index contributed by atoms with van der Waals surface area (Å²) in [6.07, 6.45) is 2.79. The third kappa shape index (κ3) is 6.02. The summed E-state index contributed by atoms with van der Waals surface area (Å²) >= 11 is 1.41. The number of hydrogen-bond donors (Lipinski definition) is 1. The largest absolute Gasteiger partial charge is 0.486 e. The Kier molecular flexibility index (Phi) is 7.72. The number of hydrogen-bond acceptors (Lipinski definition) is 6. The number of rotatable bonds is 10. The van der Waals surface area contributed by atoms with Crippen molar-refractivity contribution in [2.75, 3.05) is 6.26 Å². The molecule has 0 aliphatic rings. The van der Waals surface area contributed by atoms with Crippen molar-refractivity contribution >= 4 is 35.1 Å². The van der Waals surface area contributed by atoms with Crippen LogP contribution in [-0.4, -0.2) is 33.4 Å². The molecule has 1 N–H and O–H groups in total. The molecule has 0 aliphatic carbocycles. The minimum Gasteiger partial charge on any atom is -0.486 e. The Morgan fingerprint density at radius 2 is 1.83 bits per heavy atom. The molecule has 0 bridgehead atoms. The van der Waals surface area contributed by atoms with Gasteiger partial charge in [-0.15, -0.1) is 0 Å². The van der Waals surface area contributed by atoms with Crippen LogP contribution in [0.3, 0.4) is 0 Å². The molecular formula is C27H27N3O4S. The van der Waals surface area contributed by atoms with E-state index in [9.17, 15) is 9.59 Å². The number of imidazole rings is 1. The Hall–Kier alpha value is -3.78. The molecule has 1 aromatic heterocycles. The third-order valence-electron chi connectivity index (χ3n) is 5.66. The molecule has 0 fully saturated rings. The van der Waals surface area contributed by atoms with Crippen molar-refractivity contribution in [3.05, 3.63) is 83.7 Å². The molecule has 35 heavy (non-hydrogen) atoms. The molecule has 0 saturated heterocycles. The van der Waals surface area contributed by atoms with Crippen molar-refractivity contribution in [3.63, 3.8) is 0 Å². The first-order valence-corrected chi connectivity index (χ1v) is 12.4. The van der Waals surface area contributed by atoms with Gasteiger partial charge in [0.15, 0.2) is 0 Å². The summed E-state index contributed by atoms with van der Waals surface area (Å²) in [5.74, 6) is 2.76. The van der Waals surface area contributed by atoms with Gasteiger partial charge in [-0.3, -0.25) is 14.9 Å². The van der Waals surface area contributed by atoms with E-state index in [1.165, 1.54) is 11.8 Å². The van der Waals surface area contributed by atoms with Gasteiger partial charge in [0.25, 0.3) is 0 Å². The zero-order chi connectivity index (χ0) is 24.8. The molecule has 1 unspecified atom stereocenters. The van der Waals surface area contributed by atoms with Gasteiger partial charge in [0, 0.05) is 13.1 Å². The monoisotopic (exact) mass is 489 g/mol. The van der Waals surface area contributed by atoms with E-state index < -0.39 is 0 Å². The number of nitrogens with one attached hydrogen (secondary N) is 1. The molecular weight excluding hydrogens is 462 g/mol. The summed E-state index contributed by atoms with van der Waals surface area (Å²) in [4.78, 5) is 27.2. The number of amides is 2. The third-order valence-corrected chi connectivity index (χ3v) is 6.61. The van der Waals surface area contributed by atoms with E-state index in [-0.39, 0.29) is 11.2 Å². The van der Waals surface area contributed by atoms with Crippen molar-refractivity contribution in [2.45, 2.75) is 25.2 Å². The average Bonchev–Trinajstić information content (AvgIpc) is 3.17. The van der Waals surface area contributed by atoms with Gasteiger partial charge < -0.3 is 14.0 Å². The van der Waals surface area contributed by atoms with E-state index in [4.69, 9.17) is 14.5 Å². The van der Waals surface area contributed by atoms with Crippen molar-refractivity contribution in [2.24, 2.45) is 7.05 Å². The summed E-state index contributed by atoms with van der Waals surface area (Å²) < 4.78 is 14.0. The van der Waals surface area contributed by atoms with E-state index in [0.717, 1.165) is 39.5 Å². The number of benzene rings is 3. The fourth-order valence-corrected chi connectivity index (χ4v) is 4.39. The molecule has 0 spiro atoms. The topological polar surface area (TPSA) is 82.4 Å². The average molecular weight is 490 g/mol. The first-order chi connectivity index (χ1) is 17.0. The van der Waals surface area contributed by atoms with Gasteiger partial charge in [0.05, 0.1) is 16.3 Å². The lowest BCUT2D eigenvalue weighted by Crippen LogP contribution is -2.32. The number of aromatic nitrogens is 2. The number of nitrogens with zero attached hydrogens (tertiary/aromatic N) is 2. The van der Waals surface area contributed by atoms with Crippen molar-refractivity contribution in [1.82, 2.24) is 14.9 Å². The molecule has 2 amide bonds. The molecule has 180 valence electrons. The van der Waals surface area contributed by atoms with Crippen LogP contribution in [0.15, 0.2) is 66.7 Å². The predicted molar refractivity (Wildman–Crippen MR) is 138 cm³/mol. The normalized spacial score (nSPS) is 11.7. The number of imide groups is 1. The van der Waals surface area contributed by atoms with E-state index in [1.807, 2.05) is 91.5 Å². The van der Waals surface area contributed by atoms with E-state index in [2.05, 4.69) is 5.32 Å². The van der Waals surface area contributed by atoms with E-state index in [1.54, 1.807) is 0 Å².